The van der Waals surface area contributed by atoms with Crippen LogP contribution in [0.25, 0.3) is 0 Å². The predicted molar refractivity (Wildman–Crippen MR) is 182 cm³/mol. The molecule has 0 saturated heterocycles. The molecule has 9 nitrogen and oxygen atoms in total. The number of carbonyl (C=O) groups is 1. The average molecular weight is 643 g/mol. The van der Waals surface area contributed by atoms with Crippen molar-refractivity contribution < 1.29 is 23.1 Å². The van der Waals surface area contributed by atoms with Gasteiger partial charge in [-0.2, -0.15) is 0 Å². The van der Waals surface area contributed by atoms with Gasteiger partial charge in [0.1, 0.15) is 10.6 Å². The summed E-state index contributed by atoms with van der Waals surface area (Å²) in [5, 5.41) is 11.8. The van der Waals surface area contributed by atoms with Gasteiger partial charge in [0.2, 0.25) is 10.0 Å². The van der Waals surface area contributed by atoms with E-state index in [1.54, 1.807) is 50.2 Å². The van der Waals surface area contributed by atoms with Gasteiger partial charge in [-0.3, -0.25) is 4.79 Å². The Kier molecular flexibility index (Phi) is 15.1. The number of nitrogens with one attached hydrogen (secondary N) is 1. The molecule has 45 heavy (non-hydrogen) atoms. The Balaban J connectivity index is 2.26. The van der Waals surface area contributed by atoms with Crippen molar-refractivity contribution >= 4 is 16.0 Å². The van der Waals surface area contributed by atoms with Crippen molar-refractivity contribution in [3.05, 3.63) is 83.2 Å². The van der Waals surface area contributed by atoms with Crippen molar-refractivity contribution in [1.29, 1.82) is 0 Å². The quantitative estimate of drug-likeness (QED) is 0.0718. The fourth-order valence-corrected chi connectivity index (χ4v) is 6.71. The number of allylic oxidation sites excluding steroid dienone is 3. The number of hydrogen-bond donors (Lipinski definition) is 4. The summed E-state index contributed by atoms with van der Waals surface area (Å²) in [7, 11) is -3.87. The Morgan fingerprint density at radius 1 is 1.13 bits per heavy atom. The first-order valence-corrected chi connectivity index (χ1v) is 17.4. The van der Waals surface area contributed by atoms with Crippen LogP contribution in [0.2, 0.25) is 0 Å². The van der Waals surface area contributed by atoms with E-state index in [1.165, 1.54) is 6.07 Å². The zero-order valence-corrected chi connectivity index (χ0v) is 28.7. The second-order valence-corrected chi connectivity index (χ2v) is 13.9. The predicted octanol–water partition coefficient (Wildman–Crippen LogP) is 6.60. The minimum absolute atomic E-state index is 0.0415. The van der Waals surface area contributed by atoms with E-state index in [4.69, 9.17) is 16.3 Å². The zero-order valence-electron chi connectivity index (χ0n) is 27.9. The van der Waals surface area contributed by atoms with Crippen molar-refractivity contribution in [2.24, 2.45) is 22.9 Å². The minimum Gasteiger partial charge on any atom is -0.492 e. The van der Waals surface area contributed by atoms with Gasteiger partial charge in [0.15, 0.2) is 0 Å². The van der Waals surface area contributed by atoms with Gasteiger partial charge in [-0.1, -0.05) is 55.8 Å². The van der Waals surface area contributed by atoms with Gasteiger partial charge >= 0.3 is 5.97 Å². The van der Waals surface area contributed by atoms with Crippen LogP contribution in [-0.2, 0) is 21.4 Å². The molecule has 0 bridgehead atoms. The van der Waals surface area contributed by atoms with Crippen molar-refractivity contribution in [1.82, 2.24) is 9.73 Å². The van der Waals surface area contributed by atoms with E-state index < -0.39 is 27.3 Å². The maximum absolute atomic E-state index is 13.2. The number of hydrazine groups is 1. The van der Waals surface area contributed by atoms with Crippen molar-refractivity contribution in [3.63, 3.8) is 0 Å². The monoisotopic (exact) mass is 642 g/mol. The molecule has 2 aromatic carbocycles. The third kappa shape index (κ3) is 11.5. The smallest absolute Gasteiger partial charge is 0.309 e. The largest absolute Gasteiger partial charge is 0.492 e. The van der Waals surface area contributed by atoms with E-state index in [0.717, 1.165) is 42.4 Å². The van der Waals surface area contributed by atoms with Gasteiger partial charge in [0, 0.05) is 25.0 Å². The molecule has 250 valence electrons. The number of carboxylic acids is 1. The van der Waals surface area contributed by atoms with Crippen molar-refractivity contribution in [3.8, 4) is 5.75 Å². The molecule has 0 radical (unpaired) electrons. The molecule has 2 unspecified atom stereocenters. The standard InChI is InChI=1S/C35H54N4O5S/c1-7-10-11-15-27(14-8-2)24-39(37)25-30(36)20-21-31(35(5,6)34(40)41)28-19-18-26(4)29(22-28)23-38-45(42,43)33-17-13-12-16-32(33)44-9-3/h7,10,12-13,16-19,22,25,27,31,38H,8-9,11,14-15,20-21,23-24,36-37H2,1-6H3,(H,40,41)/b10-7-,30-25-. The normalized spacial score (nSPS) is 14.0. The zero-order chi connectivity index (χ0) is 33.6. The molecule has 0 aliphatic rings. The lowest BCUT2D eigenvalue weighted by Crippen LogP contribution is -2.33. The van der Waals surface area contributed by atoms with Crippen LogP contribution in [0.4, 0.5) is 0 Å². The van der Waals surface area contributed by atoms with Crippen LogP contribution in [0.1, 0.15) is 95.8 Å². The third-order valence-electron chi connectivity index (χ3n) is 8.29. The number of rotatable bonds is 20. The lowest BCUT2D eigenvalue weighted by Gasteiger charge is -2.32. The Labute approximate surface area is 270 Å². The fraction of sp³-hybridized carbons (Fsp3) is 0.514. The highest BCUT2D eigenvalue weighted by Crippen LogP contribution is 2.40. The second kappa shape index (κ2) is 18.0. The highest BCUT2D eigenvalue weighted by Gasteiger charge is 2.37. The Hall–Kier alpha value is -3.34. The Morgan fingerprint density at radius 3 is 2.49 bits per heavy atom. The molecule has 0 heterocycles. The van der Waals surface area contributed by atoms with Gasteiger partial charge in [-0.05, 0) is 107 Å². The van der Waals surface area contributed by atoms with Crippen LogP contribution in [0.5, 0.6) is 5.75 Å². The van der Waals surface area contributed by atoms with Crippen molar-refractivity contribution in [2.45, 2.75) is 97.4 Å². The van der Waals surface area contributed by atoms with Crippen LogP contribution in [0.3, 0.4) is 0 Å². The first-order chi connectivity index (χ1) is 21.3. The van der Waals surface area contributed by atoms with Gasteiger partial charge in [-0.25, -0.2) is 19.0 Å². The van der Waals surface area contributed by atoms with Crippen molar-refractivity contribution in [2.75, 3.05) is 13.2 Å². The van der Waals surface area contributed by atoms with E-state index in [2.05, 4.69) is 23.8 Å². The minimum atomic E-state index is -3.87. The first kappa shape index (κ1) is 37.8. The number of hydrogen-bond acceptors (Lipinski definition) is 7. The molecular weight excluding hydrogens is 588 g/mol. The summed E-state index contributed by atoms with van der Waals surface area (Å²) in [5.74, 6) is 5.76. The summed E-state index contributed by atoms with van der Waals surface area (Å²) in [6, 6.07) is 12.2. The maximum Gasteiger partial charge on any atom is 0.309 e. The van der Waals surface area contributed by atoms with E-state index >= 15 is 0 Å². The van der Waals surface area contributed by atoms with Crippen LogP contribution < -0.4 is 21.0 Å². The second-order valence-electron chi connectivity index (χ2n) is 12.2. The number of para-hydroxylation sites is 1. The maximum atomic E-state index is 13.2. The summed E-state index contributed by atoms with van der Waals surface area (Å²) < 4.78 is 34.6. The van der Waals surface area contributed by atoms with Crippen LogP contribution >= 0.6 is 0 Å². The Bertz CT molecular complexity index is 1400. The lowest BCUT2D eigenvalue weighted by molar-refractivity contribution is -0.148. The summed E-state index contributed by atoms with van der Waals surface area (Å²) in [4.78, 5) is 12.5. The molecule has 2 aromatic rings. The first-order valence-electron chi connectivity index (χ1n) is 15.9. The van der Waals surface area contributed by atoms with E-state index in [9.17, 15) is 18.3 Å². The summed E-state index contributed by atoms with van der Waals surface area (Å²) >= 11 is 0. The SMILES string of the molecule is C/C=C\CCC(CCC)CN(N)/C=C(\N)CCC(c1ccc(C)c(CNS(=O)(=O)c2ccccc2OCC)c1)C(C)(C)C(=O)O. The summed E-state index contributed by atoms with van der Waals surface area (Å²) in [5.41, 5.74) is 8.35. The highest BCUT2D eigenvalue weighted by molar-refractivity contribution is 7.89. The number of nitrogens with zero attached hydrogens (tertiary/aromatic N) is 1. The summed E-state index contributed by atoms with van der Waals surface area (Å²) in [6.45, 7) is 12.4. The molecule has 10 heteroatoms. The number of sulfonamides is 1. The number of aryl methyl sites for hydroxylation is 1. The molecule has 0 saturated carbocycles. The van der Waals surface area contributed by atoms with E-state index in [0.29, 0.717) is 37.6 Å². The highest BCUT2D eigenvalue weighted by atomic mass is 32.2. The van der Waals surface area contributed by atoms with Gasteiger partial charge in [0.25, 0.3) is 0 Å². The van der Waals surface area contributed by atoms with E-state index in [1.807, 2.05) is 32.0 Å². The van der Waals surface area contributed by atoms with Crippen LogP contribution in [-0.4, -0.2) is 37.7 Å². The van der Waals surface area contributed by atoms with Crippen LogP contribution in [0.15, 0.2) is 71.4 Å². The molecule has 2 rings (SSSR count). The molecule has 0 amide bonds. The fourth-order valence-electron chi connectivity index (χ4n) is 5.56. The number of benzene rings is 2. The number of nitrogens with two attached hydrogens (primary N) is 2. The van der Waals surface area contributed by atoms with Crippen LogP contribution in [0, 0.1) is 18.3 Å². The lowest BCUT2D eigenvalue weighted by atomic mass is 9.72. The molecule has 0 aromatic heterocycles. The van der Waals surface area contributed by atoms with Gasteiger partial charge in [-0.15, -0.1) is 0 Å². The van der Waals surface area contributed by atoms with Gasteiger partial charge < -0.3 is 20.6 Å². The van der Waals surface area contributed by atoms with Gasteiger partial charge in [0.05, 0.1) is 12.0 Å². The summed E-state index contributed by atoms with van der Waals surface area (Å²) in [6.07, 6.45) is 11.2. The number of ether oxygens (including phenoxy) is 1. The molecule has 0 fully saturated rings. The topological polar surface area (TPSA) is 148 Å². The molecule has 0 aliphatic carbocycles. The number of aliphatic carboxylic acids is 1. The number of carboxylic acid groups (broad SMARTS) is 1. The molecular formula is C35H54N4O5S. The molecule has 0 aliphatic heterocycles. The molecule has 0 spiro atoms. The average Bonchev–Trinajstić information content (AvgIpc) is 2.97. The Morgan fingerprint density at radius 2 is 1.84 bits per heavy atom. The van der Waals surface area contributed by atoms with E-state index in [-0.39, 0.29) is 17.2 Å². The third-order valence-corrected chi connectivity index (χ3v) is 9.73. The molecule has 6 N–H and O–H groups in total. The molecule has 2 atom stereocenters.